The molecule has 1 aliphatic rings. The Kier molecular flexibility index (Phi) is 5.83. The molecule has 0 bridgehead atoms. The van der Waals surface area contributed by atoms with Gasteiger partial charge in [-0.15, -0.1) is 0 Å². The van der Waals surface area contributed by atoms with E-state index in [2.05, 4.69) is 0 Å². The van der Waals surface area contributed by atoms with Crippen molar-refractivity contribution in [3.05, 3.63) is 0 Å². The van der Waals surface area contributed by atoms with Crippen LogP contribution in [-0.4, -0.2) is 23.0 Å². The fourth-order valence-corrected chi connectivity index (χ4v) is 3.58. The molecule has 100 valence electrons. The molecule has 2 unspecified atom stereocenters. The number of ketones is 1. The number of thioether (sulfide) groups is 1. The van der Waals surface area contributed by atoms with Gasteiger partial charge in [-0.2, -0.15) is 24.9 Å². The molecule has 0 aliphatic heterocycles. The smallest absolute Gasteiger partial charge is 0.299 e. The van der Waals surface area contributed by atoms with Crippen molar-refractivity contribution in [2.24, 2.45) is 5.92 Å². The predicted molar refractivity (Wildman–Crippen MR) is 64.2 cm³/mol. The summed E-state index contributed by atoms with van der Waals surface area (Å²) in [6.07, 6.45) is -1.32. The van der Waals surface area contributed by atoms with Gasteiger partial charge in [0, 0.05) is 17.6 Å². The van der Waals surface area contributed by atoms with Gasteiger partial charge in [0.15, 0.2) is 0 Å². The van der Waals surface area contributed by atoms with Gasteiger partial charge in [-0.05, 0) is 25.0 Å². The fourth-order valence-electron chi connectivity index (χ4n) is 2.22. The lowest BCUT2D eigenvalue weighted by molar-refractivity contribution is -0.139. The number of halogens is 3. The van der Waals surface area contributed by atoms with Crippen LogP contribution in [0.1, 0.15) is 45.4 Å². The summed E-state index contributed by atoms with van der Waals surface area (Å²) in [6, 6.07) is 0. The number of carbonyl (C=O) groups excluding carboxylic acids is 1. The number of rotatable bonds is 5. The second-order valence-corrected chi connectivity index (χ2v) is 5.89. The molecule has 0 spiro atoms. The van der Waals surface area contributed by atoms with Gasteiger partial charge in [0.25, 0.3) is 0 Å². The summed E-state index contributed by atoms with van der Waals surface area (Å²) in [5, 5.41) is -0.567. The van der Waals surface area contributed by atoms with E-state index in [4.69, 9.17) is 0 Å². The third-order valence-corrected chi connectivity index (χ3v) is 4.59. The minimum absolute atomic E-state index is 0.0362. The highest BCUT2D eigenvalue weighted by Crippen LogP contribution is 2.37. The lowest BCUT2D eigenvalue weighted by Gasteiger charge is -2.29. The monoisotopic (exact) mass is 268 g/mol. The van der Waals surface area contributed by atoms with Crippen molar-refractivity contribution < 1.29 is 18.0 Å². The average molecular weight is 268 g/mol. The van der Waals surface area contributed by atoms with Gasteiger partial charge in [-0.1, -0.05) is 13.3 Å². The van der Waals surface area contributed by atoms with E-state index in [1.165, 1.54) is 11.8 Å². The molecule has 1 saturated carbocycles. The van der Waals surface area contributed by atoms with Crippen molar-refractivity contribution in [3.63, 3.8) is 0 Å². The third-order valence-electron chi connectivity index (χ3n) is 3.02. The SMILES string of the molecule is CCCSC(CC(F)(F)F)C1CCCCC1=O. The Balaban J connectivity index is 2.63. The van der Waals surface area contributed by atoms with Crippen LogP contribution < -0.4 is 0 Å². The number of hydrogen-bond donors (Lipinski definition) is 0. The maximum Gasteiger partial charge on any atom is 0.390 e. The zero-order chi connectivity index (χ0) is 12.9. The van der Waals surface area contributed by atoms with E-state index in [0.717, 1.165) is 19.3 Å². The molecule has 1 aliphatic carbocycles. The maximum atomic E-state index is 12.5. The van der Waals surface area contributed by atoms with E-state index in [9.17, 15) is 18.0 Å². The summed E-state index contributed by atoms with van der Waals surface area (Å²) in [7, 11) is 0. The number of Topliss-reactive ketones (excluding diaryl/α,β-unsaturated/α-hetero) is 1. The molecule has 0 amide bonds. The van der Waals surface area contributed by atoms with Gasteiger partial charge < -0.3 is 0 Å². The largest absolute Gasteiger partial charge is 0.390 e. The van der Waals surface area contributed by atoms with Crippen molar-refractivity contribution in [1.82, 2.24) is 0 Å². The lowest BCUT2D eigenvalue weighted by Crippen LogP contribution is -2.32. The minimum Gasteiger partial charge on any atom is -0.299 e. The van der Waals surface area contributed by atoms with Gasteiger partial charge in [0.2, 0.25) is 0 Å². The van der Waals surface area contributed by atoms with Crippen LogP contribution in [0, 0.1) is 5.92 Å². The molecule has 0 heterocycles. The molecule has 0 aromatic rings. The summed E-state index contributed by atoms with van der Waals surface area (Å²) in [6.45, 7) is 1.94. The van der Waals surface area contributed by atoms with E-state index < -0.39 is 17.8 Å². The standard InChI is InChI=1S/C12H19F3OS/c1-2-7-17-11(8-12(13,14)15)9-5-3-4-6-10(9)16/h9,11H,2-8H2,1H3. The molecule has 0 radical (unpaired) electrons. The molecule has 17 heavy (non-hydrogen) atoms. The van der Waals surface area contributed by atoms with E-state index in [1.54, 1.807) is 0 Å². The van der Waals surface area contributed by atoms with Crippen LogP contribution in [0.5, 0.6) is 0 Å². The predicted octanol–water partition coefficient (Wildman–Crippen LogP) is 4.21. The van der Waals surface area contributed by atoms with Crippen LogP contribution >= 0.6 is 11.8 Å². The first-order valence-corrected chi connectivity index (χ1v) is 7.20. The Labute approximate surface area is 105 Å². The van der Waals surface area contributed by atoms with E-state index in [1.807, 2.05) is 6.92 Å². The highest BCUT2D eigenvalue weighted by Gasteiger charge is 2.38. The quantitative estimate of drug-likeness (QED) is 0.743. The summed E-state index contributed by atoms with van der Waals surface area (Å²) in [5.41, 5.74) is 0. The van der Waals surface area contributed by atoms with Crippen LogP contribution in [0.2, 0.25) is 0 Å². The Morgan fingerprint density at radius 2 is 2.12 bits per heavy atom. The zero-order valence-corrected chi connectivity index (χ0v) is 10.9. The van der Waals surface area contributed by atoms with Gasteiger partial charge in [0.05, 0.1) is 6.42 Å². The average Bonchev–Trinajstić information content (AvgIpc) is 2.23. The molecule has 0 N–H and O–H groups in total. The topological polar surface area (TPSA) is 17.1 Å². The summed E-state index contributed by atoms with van der Waals surface area (Å²) in [5.74, 6) is 0.362. The van der Waals surface area contributed by atoms with Gasteiger partial charge in [-0.25, -0.2) is 0 Å². The normalized spacial score (nSPS) is 23.8. The minimum atomic E-state index is -4.16. The van der Waals surface area contributed by atoms with Gasteiger partial charge >= 0.3 is 6.18 Å². The Morgan fingerprint density at radius 3 is 2.65 bits per heavy atom. The van der Waals surface area contributed by atoms with Crippen molar-refractivity contribution in [2.45, 2.75) is 56.9 Å². The molecule has 1 fully saturated rings. The van der Waals surface area contributed by atoms with Crippen LogP contribution in [0.25, 0.3) is 0 Å². The summed E-state index contributed by atoms with van der Waals surface area (Å²) in [4.78, 5) is 11.7. The third kappa shape index (κ3) is 5.32. The molecule has 0 saturated heterocycles. The molecule has 5 heteroatoms. The summed E-state index contributed by atoms with van der Waals surface area (Å²) >= 11 is 1.32. The van der Waals surface area contributed by atoms with Crippen LogP contribution in [0.4, 0.5) is 13.2 Å². The van der Waals surface area contributed by atoms with E-state index in [-0.39, 0.29) is 11.7 Å². The highest BCUT2D eigenvalue weighted by molar-refractivity contribution is 7.99. The van der Waals surface area contributed by atoms with E-state index >= 15 is 0 Å². The second-order valence-electron chi connectivity index (χ2n) is 4.55. The van der Waals surface area contributed by atoms with Crippen molar-refractivity contribution in [1.29, 1.82) is 0 Å². The Morgan fingerprint density at radius 1 is 1.41 bits per heavy atom. The first-order valence-electron chi connectivity index (χ1n) is 6.15. The second kappa shape index (κ2) is 6.66. The van der Waals surface area contributed by atoms with E-state index in [0.29, 0.717) is 18.6 Å². The molecular formula is C12H19F3OS. The van der Waals surface area contributed by atoms with Crippen molar-refractivity contribution in [3.8, 4) is 0 Å². The van der Waals surface area contributed by atoms with Crippen LogP contribution in [0.15, 0.2) is 0 Å². The van der Waals surface area contributed by atoms with Crippen molar-refractivity contribution >= 4 is 17.5 Å². The maximum absolute atomic E-state index is 12.5. The fraction of sp³-hybridized carbons (Fsp3) is 0.917. The van der Waals surface area contributed by atoms with Crippen LogP contribution in [-0.2, 0) is 4.79 Å². The molecular weight excluding hydrogens is 249 g/mol. The van der Waals surface area contributed by atoms with Gasteiger partial charge in [0.1, 0.15) is 5.78 Å². The van der Waals surface area contributed by atoms with Crippen molar-refractivity contribution in [2.75, 3.05) is 5.75 Å². The first kappa shape index (κ1) is 14.9. The summed E-state index contributed by atoms with van der Waals surface area (Å²) < 4.78 is 37.5. The molecule has 1 nitrogen and oxygen atoms in total. The van der Waals surface area contributed by atoms with Gasteiger partial charge in [-0.3, -0.25) is 4.79 Å². The number of hydrogen-bond acceptors (Lipinski definition) is 2. The first-order chi connectivity index (χ1) is 7.94. The van der Waals surface area contributed by atoms with Crippen LogP contribution in [0.3, 0.4) is 0 Å². The number of carbonyl (C=O) groups is 1. The molecule has 1 rings (SSSR count). The Hall–Kier alpha value is -0.190. The molecule has 0 aromatic carbocycles. The highest BCUT2D eigenvalue weighted by atomic mass is 32.2. The number of alkyl halides is 3. The molecule has 0 aromatic heterocycles. The lowest BCUT2D eigenvalue weighted by atomic mass is 9.84. The molecule has 2 atom stereocenters. The zero-order valence-electron chi connectivity index (χ0n) is 10.1. The Bertz CT molecular complexity index is 253.